The maximum absolute atomic E-state index is 14.9. The van der Waals surface area contributed by atoms with Gasteiger partial charge in [0.1, 0.15) is 0 Å². The fourth-order valence-corrected chi connectivity index (χ4v) is 8.69. The summed E-state index contributed by atoms with van der Waals surface area (Å²) in [7, 11) is 0. The lowest BCUT2D eigenvalue weighted by Crippen LogP contribution is -2.46. The summed E-state index contributed by atoms with van der Waals surface area (Å²) in [4.78, 5) is 69.6. The Morgan fingerprint density at radius 1 is 0.520 bits per heavy atom. The van der Waals surface area contributed by atoms with E-state index in [1.54, 1.807) is 0 Å². The predicted octanol–water partition coefficient (Wildman–Crippen LogP) is 9.73. The third-order valence-corrected chi connectivity index (χ3v) is 11.5. The number of amides is 4. The number of H-pyrrole nitrogens is 2. The van der Waals surface area contributed by atoms with Crippen LogP contribution in [0.25, 0.3) is 54.4 Å². The summed E-state index contributed by atoms with van der Waals surface area (Å²) in [5, 5.41) is 3.72. The number of benzene rings is 4. The van der Waals surface area contributed by atoms with E-state index in [1.807, 2.05) is 48.5 Å². The standard InChI is InChI=1S/C42H44N4O4/c1-5-9-15-23(7-3)21-45-39(47)33-29-25-17-11-13-19-27(25)44-38(29)36-32-31(33)35(41(45)49)37-30(26-18-12-14-20-28(26)43-37)34(32)40(48)46(42(36)50)22-24(8-4)16-10-6-2/h11-14,17-20,23-24,43-44H,5-10,15-16,21-22H2,1-4H3. The maximum Gasteiger partial charge on any atom is 0.263 e. The Balaban J connectivity index is 1.51. The quantitative estimate of drug-likeness (QED) is 0.127. The monoisotopic (exact) mass is 668 g/mol. The fraction of sp³-hybridized carbons (Fsp3) is 0.381. The van der Waals surface area contributed by atoms with Crippen molar-refractivity contribution in [1.29, 1.82) is 0 Å². The number of imide groups is 2. The van der Waals surface area contributed by atoms with Crippen LogP contribution in [0.15, 0.2) is 48.5 Å². The molecule has 0 saturated heterocycles. The molecule has 4 aromatic carbocycles. The summed E-state index contributed by atoms with van der Waals surface area (Å²) < 4.78 is 0. The molecule has 6 aromatic rings. The number of rotatable bonds is 12. The maximum atomic E-state index is 14.9. The highest BCUT2D eigenvalue weighted by Crippen LogP contribution is 2.49. The largest absolute Gasteiger partial charge is 0.354 e. The minimum Gasteiger partial charge on any atom is -0.354 e. The van der Waals surface area contributed by atoms with Crippen LogP contribution in [0.4, 0.5) is 0 Å². The summed E-state index contributed by atoms with van der Waals surface area (Å²) in [6.07, 6.45) is 7.64. The Hall–Kier alpha value is -4.98. The summed E-state index contributed by atoms with van der Waals surface area (Å²) in [6, 6.07) is 15.5. The van der Waals surface area contributed by atoms with Crippen LogP contribution in [0.2, 0.25) is 0 Å². The molecule has 0 bridgehead atoms. The average Bonchev–Trinajstić information content (AvgIpc) is 3.70. The summed E-state index contributed by atoms with van der Waals surface area (Å²) in [5.41, 5.74) is 4.19. The van der Waals surface area contributed by atoms with Gasteiger partial charge in [0.05, 0.1) is 33.3 Å². The molecular weight excluding hydrogens is 624 g/mol. The molecule has 8 heteroatoms. The average molecular weight is 669 g/mol. The van der Waals surface area contributed by atoms with Crippen LogP contribution in [0.3, 0.4) is 0 Å². The van der Waals surface area contributed by atoms with Gasteiger partial charge in [-0.25, -0.2) is 0 Å². The lowest BCUT2D eigenvalue weighted by Gasteiger charge is -2.35. The van der Waals surface area contributed by atoms with Crippen LogP contribution in [0.1, 0.15) is 120 Å². The molecule has 2 aromatic heterocycles. The van der Waals surface area contributed by atoms with Crippen molar-refractivity contribution in [3.63, 3.8) is 0 Å². The second-order valence-corrected chi connectivity index (χ2v) is 14.4. The SMILES string of the molecule is CCCCC(CC)CN1C(=O)c2c3[nH]c4ccccc4c3c3c4c(c5[nH]c6ccccc6c5c(c24)C1=O)C(=O)N(CC(CC)CCCC)C3=O. The van der Waals surface area contributed by atoms with Gasteiger partial charge in [-0.3, -0.25) is 29.0 Å². The van der Waals surface area contributed by atoms with Crippen molar-refractivity contribution in [2.45, 2.75) is 79.1 Å². The van der Waals surface area contributed by atoms with Crippen LogP contribution < -0.4 is 0 Å². The highest BCUT2D eigenvalue weighted by atomic mass is 16.2. The zero-order valence-corrected chi connectivity index (χ0v) is 29.4. The van der Waals surface area contributed by atoms with E-state index in [1.165, 1.54) is 9.80 Å². The van der Waals surface area contributed by atoms with E-state index >= 15 is 0 Å². The number of carbonyl (C=O) groups is 4. The van der Waals surface area contributed by atoms with Crippen molar-refractivity contribution in [2.75, 3.05) is 13.1 Å². The highest BCUT2D eigenvalue weighted by molar-refractivity contribution is 6.45. The molecule has 0 aliphatic carbocycles. The van der Waals surface area contributed by atoms with Gasteiger partial charge in [0.15, 0.2) is 0 Å². The highest BCUT2D eigenvalue weighted by Gasteiger charge is 2.45. The smallest absolute Gasteiger partial charge is 0.263 e. The Morgan fingerprint density at radius 3 is 1.28 bits per heavy atom. The minimum absolute atomic E-state index is 0.157. The number of fused-ring (bicyclic) bond motifs is 10. The molecule has 0 fully saturated rings. The van der Waals surface area contributed by atoms with Crippen molar-refractivity contribution in [2.24, 2.45) is 11.8 Å². The van der Waals surface area contributed by atoms with E-state index in [0.29, 0.717) is 67.9 Å². The number of para-hydroxylation sites is 2. The third-order valence-electron chi connectivity index (χ3n) is 11.5. The Labute approximate surface area is 291 Å². The lowest BCUT2D eigenvalue weighted by molar-refractivity contribution is 0.0562. The molecule has 2 atom stereocenters. The Morgan fingerprint density at radius 2 is 0.900 bits per heavy atom. The van der Waals surface area contributed by atoms with Crippen molar-refractivity contribution >= 4 is 78.0 Å². The Kier molecular flexibility index (Phi) is 8.00. The number of unbranched alkanes of at least 4 members (excludes halogenated alkanes) is 2. The molecule has 4 heterocycles. The van der Waals surface area contributed by atoms with E-state index < -0.39 is 0 Å². The molecule has 0 spiro atoms. The second-order valence-electron chi connectivity index (χ2n) is 14.4. The van der Waals surface area contributed by atoms with E-state index in [2.05, 4.69) is 37.7 Å². The second kappa shape index (κ2) is 12.4. The van der Waals surface area contributed by atoms with Gasteiger partial charge in [-0.05, 0) is 36.8 Å². The molecule has 2 N–H and O–H groups in total. The molecule has 0 radical (unpaired) electrons. The van der Waals surface area contributed by atoms with Crippen molar-refractivity contribution in [3.8, 4) is 0 Å². The van der Waals surface area contributed by atoms with Crippen molar-refractivity contribution < 1.29 is 19.2 Å². The number of aromatic nitrogens is 2. The van der Waals surface area contributed by atoms with Crippen molar-refractivity contribution in [1.82, 2.24) is 19.8 Å². The van der Waals surface area contributed by atoms with E-state index in [9.17, 15) is 19.2 Å². The van der Waals surface area contributed by atoms with Gasteiger partial charge in [-0.1, -0.05) is 103 Å². The van der Waals surface area contributed by atoms with Gasteiger partial charge in [-0.2, -0.15) is 0 Å². The zero-order valence-electron chi connectivity index (χ0n) is 29.4. The molecule has 2 aliphatic rings. The fourth-order valence-electron chi connectivity index (χ4n) is 8.69. The van der Waals surface area contributed by atoms with Gasteiger partial charge in [0.2, 0.25) is 0 Å². The zero-order chi connectivity index (χ0) is 34.8. The number of aromatic amines is 2. The van der Waals surface area contributed by atoms with E-state index in [4.69, 9.17) is 0 Å². The van der Waals surface area contributed by atoms with Crippen LogP contribution in [0, 0.1) is 11.8 Å². The Bertz CT molecular complexity index is 2230. The molecule has 2 unspecified atom stereocenters. The van der Waals surface area contributed by atoms with Crippen molar-refractivity contribution in [3.05, 3.63) is 70.8 Å². The van der Waals surface area contributed by atoms with E-state index in [0.717, 1.165) is 73.2 Å². The first kappa shape index (κ1) is 32.2. The van der Waals surface area contributed by atoms with E-state index in [-0.39, 0.29) is 35.5 Å². The number of nitrogens with one attached hydrogen (secondary N) is 2. The number of carbonyl (C=O) groups excluding carboxylic acids is 4. The molecule has 2 aliphatic heterocycles. The van der Waals surface area contributed by atoms with Crippen LogP contribution in [-0.4, -0.2) is 56.5 Å². The van der Waals surface area contributed by atoms with Gasteiger partial charge < -0.3 is 9.97 Å². The number of hydrogen-bond donors (Lipinski definition) is 2. The molecular formula is C42H44N4O4. The minimum atomic E-state index is -0.376. The first-order chi connectivity index (χ1) is 24.3. The van der Waals surface area contributed by atoms with Gasteiger partial charge in [0.25, 0.3) is 23.6 Å². The normalized spacial score (nSPS) is 15.9. The molecule has 8 nitrogen and oxygen atoms in total. The molecule has 0 saturated carbocycles. The predicted molar refractivity (Wildman–Crippen MR) is 200 cm³/mol. The number of nitrogens with zero attached hydrogens (tertiary/aromatic N) is 2. The lowest BCUT2D eigenvalue weighted by atomic mass is 9.80. The molecule has 4 amide bonds. The first-order valence-electron chi connectivity index (χ1n) is 18.5. The molecule has 8 rings (SSSR count). The summed E-state index contributed by atoms with van der Waals surface area (Å²) in [5.74, 6) is -1.17. The van der Waals surface area contributed by atoms with Crippen LogP contribution >= 0.6 is 0 Å². The van der Waals surface area contributed by atoms with Crippen LogP contribution in [0.5, 0.6) is 0 Å². The van der Waals surface area contributed by atoms with Gasteiger partial charge >= 0.3 is 0 Å². The van der Waals surface area contributed by atoms with Crippen LogP contribution in [-0.2, 0) is 0 Å². The summed E-state index contributed by atoms with van der Waals surface area (Å²) in [6.45, 7) is 9.15. The number of hydrogen-bond acceptors (Lipinski definition) is 4. The topological polar surface area (TPSA) is 106 Å². The van der Waals surface area contributed by atoms with Gasteiger partial charge in [0, 0.05) is 56.4 Å². The third kappa shape index (κ3) is 4.56. The summed E-state index contributed by atoms with van der Waals surface area (Å²) >= 11 is 0. The molecule has 50 heavy (non-hydrogen) atoms. The molecule has 256 valence electrons. The first-order valence-corrected chi connectivity index (χ1v) is 18.5. The van der Waals surface area contributed by atoms with Gasteiger partial charge in [-0.15, -0.1) is 0 Å².